The van der Waals surface area contributed by atoms with Crippen molar-refractivity contribution < 1.29 is 4.79 Å². The number of carbonyl (C=O) groups excluding carboxylic acids is 1. The van der Waals surface area contributed by atoms with Gasteiger partial charge in [-0.1, -0.05) is 6.07 Å². The molecule has 0 aromatic carbocycles. The van der Waals surface area contributed by atoms with Gasteiger partial charge in [0.05, 0.1) is 0 Å². The number of rotatable bonds is 2. The minimum atomic E-state index is -0.00963. The van der Waals surface area contributed by atoms with Crippen LogP contribution in [-0.4, -0.2) is 40.4 Å². The first kappa shape index (κ1) is 12.2. The second kappa shape index (κ2) is 5.88. The van der Waals surface area contributed by atoms with E-state index in [0.29, 0.717) is 11.5 Å². The Morgan fingerprint density at radius 3 is 3.12 bits per heavy atom. The van der Waals surface area contributed by atoms with E-state index >= 15 is 0 Å². The number of amides is 1. The summed E-state index contributed by atoms with van der Waals surface area (Å²) in [5.74, 6) is 7.91. The van der Waals surface area contributed by atoms with Crippen molar-refractivity contribution in [2.75, 3.05) is 30.0 Å². The highest BCUT2D eigenvalue weighted by molar-refractivity contribution is 7.99. The molecule has 0 atom stereocenters. The summed E-state index contributed by atoms with van der Waals surface area (Å²) in [6, 6.07) is 5.23. The molecule has 1 aromatic rings. The first-order chi connectivity index (χ1) is 8.31. The van der Waals surface area contributed by atoms with Crippen LogP contribution in [0, 0.1) is 0 Å². The molecule has 17 heavy (non-hydrogen) atoms. The van der Waals surface area contributed by atoms with E-state index in [4.69, 9.17) is 5.84 Å². The minimum absolute atomic E-state index is 0.00963. The zero-order valence-electron chi connectivity index (χ0n) is 9.56. The fourth-order valence-corrected chi connectivity index (χ4v) is 2.63. The molecule has 0 aliphatic carbocycles. The molecule has 0 bridgehead atoms. The van der Waals surface area contributed by atoms with Gasteiger partial charge in [0.15, 0.2) is 0 Å². The molecule has 1 aliphatic rings. The maximum Gasteiger partial charge on any atom is 0.272 e. The molecule has 1 aliphatic heterocycles. The number of nitrogens with two attached hydrogens (primary N) is 1. The summed E-state index contributed by atoms with van der Waals surface area (Å²) in [6.45, 7) is 1.61. The Labute approximate surface area is 105 Å². The van der Waals surface area contributed by atoms with Crippen LogP contribution in [0.5, 0.6) is 0 Å². The van der Waals surface area contributed by atoms with E-state index in [0.717, 1.165) is 31.0 Å². The monoisotopic (exact) mass is 252 g/mol. The number of nitrogen functional groups attached to an aromatic ring is 1. The lowest BCUT2D eigenvalue weighted by molar-refractivity contribution is 0.0763. The zero-order valence-corrected chi connectivity index (χ0v) is 10.4. The molecule has 92 valence electrons. The minimum Gasteiger partial charge on any atom is -0.336 e. The van der Waals surface area contributed by atoms with Gasteiger partial charge in [-0.15, -0.1) is 0 Å². The van der Waals surface area contributed by atoms with Gasteiger partial charge >= 0.3 is 0 Å². The second-order valence-electron chi connectivity index (χ2n) is 3.81. The van der Waals surface area contributed by atoms with Crippen LogP contribution >= 0.6 is 11.8 Å². The van der Waals surface area contributed by atoms with Crippen molar-refractivity contribution in [1.29, 1.82) is 0 Å². The van der Waals surface area contributed by atoms with Gasteiger partial charge in [0.1, 0.15) is 11.5 Å². The predicted octanol–water partition coefficient (Wildman–Crippen LogP) is 0.946. The largest absolute Gasteiger partial charge is 0.336 e. The molecule has 0 spiro atoms. The number of anilines is 1. The first-order valence-corrected chi connectivity index (χ1v) is 6.77. The number of aromatic nitrogens is 1. The van der Waals surface area contributed by atoms with Crippen LogP contribution < -0.4 is 11.3 Å². The van der Waals surface area contributed by atoms with Crippen molar-refractivity contribution in [3.63, 3.8) is 0 Å². The number of hydrazine groups is 1. The van der Waals surface area contributed by atoms with Crippen molar-refractivity contribution in [2.45, 2.75) is 6.42 Å². The number of hydrogen-bond donors (Lipinski definition) is 2. The highest BCUT2D eigenvalue weighted by atomic mass is 32.2. The summed E-state index contributed by atoms with van der Waals surface area (Å²) in [4.78, 5) is 18.2. The summed E-state index contributed by atoms with van der Waals surface area (Å²) >= 11 is 1.89. The van der Waals surface area contributed by atoms with Crippen molar-refractivity contribution >= 4 is 23.5 Å². The Balaban J connectivity index is 2.11. The maximum absolute atomic E-state index is 12.2. The van der Waals surface area contributed by atoms with Gasteiger partial charge in [0.2, 0.25) is 0 Å². The third-order valence-corrected chi connectivity index (χ3v) is 3.67. The van der Waals surface area contributed by atoms with Crippen molar-refractivity contribution in [2.24, 2.45) is 5.84 Å². The molecular weight excluding hydrogens is 236 g/mol. The Bertz CT molecular complexity index is 391. The highest BCUT2D eigenvalue weighted by Crippen LogP contribution is 2.13. The lowest BCUT2D eigenvalue weighted by Gasteiger charge is -2.19. The summed E-state index contributed by atoms with van der Waals surface area (Å²) in [7, 11) is 0. The van der Waals surface area contributed by atoms with E-state index in [1.54, 1.807) is 18.2 Å². The molecular formula is C11H16N4OS. The topological polar surface area (TPSA) is 71.2 Å². The van der Waals surface area contributed by atoms with Crippen molar-refractivity contribution in [3.05, 3.63) is 23.9 Å². The van der Waals surface area contributed by atoms with E-state index in [1.807, 2.05) is 16.7 Å². The van der Waals surface area contributed by atoms with Crippen LogP contribution in [0.3, 0.4) is 0 Å². The van der Waals surface area contributed by atoms with Crippen LogP contribution in [0.1, 0.15) is 16.9 Å². The number of nitrogens with zero attached hydrogens (tertiary/aromatic N) is 2. The average Bonchev–Trinajstić information content (AvgIpc) is 2.67. The van der Waals surface area contributed by atoms with Gasteiger partial charge in [-0.05, 0) is 24.3 Å². The van der Waals surface area contributed by atoms with Crippen LogP contribution in [0.2, 0.25) is 0 Å². The van der Waals surface area contributed by atoms with Crippen LogP contribution in [-0.2, 0) is 0 Å². The molecule has 2 rings (SSSR count). The summed E-state index contributed by atoms with van der Waals surface area (Å²) < 4.78 is 0. The lowest BCUT2D eigenvalue weighted by Crippen LogP contribution is -2.33. The molecule has 0 unspecified atom stereocenters. The van der Waals surface area contributed by atoms with Gasteiger partial charge in [-0.2, -0.15) is 11.8 Å². The molecule has 0 saturated carbocycles. The number of nitrogens with one attached hydrogen (secondary N) is 1. The summed E-state index contributed by atoms with van der Waals surface area (Å²) in [5, 5.41) is 0. The van der Waals surface area contributed by atoms with Crippen LogP contribution in [0.4, 0.5) is 5.82 Å². The van der Waals surface area contributed by atoms with Gasteiger partial charge < -0.3 is 10.3 Å². The highest BCUT2D eigenvalue weighted by Gasteiger charge is 2.18. The quantitative estimate of drug-likeness (QED) is 0.605. The molecule has 3 N–H and O–H groups in total. The van der Waals surface area contributed by atoms with E-state index in [2.05, 4.69) is 10.4 Å². The molecule has 0 radical (unpaired) electrons. The van der Waals surface area contributed by atoms with Crippen molar-refractivity contribution in [3.8, 4) is 0 Å². The number of hydrogen-bond acceptors (Lipinski definition) is 5. The lowest BCUT2D eigenvalue weighted by atomic mass is 10.3. The Kier molecular flexibility index (Phi) is 4.22. The van der Waals surface area contributed by atoms with Crippen LogP contribution in [0.25, 0.3) is 0 Å². The summed E-state index contributed by atoms with van der Waals surface area (Å²) in [5.41, 5.74) is 2.90. The van der Waals surface area contributed by atoms with Gasteiger partial charge in [0.25, 0.3) is 5.91 Å². The number of thioether (sulfide) groups is 1. The molecule has 2 heterocycles. The number of pyridine rings is 1. The normalized spacial score (nSPS) is 16.4. The molecule has 6 heteroatoms. The fraction of sp³-hybridized carbons (Fsp3) is 0.455. The SMILES string of the molecule is NNc1cccc(C(=O)N2CCCSCC2)n1. The second-order valence-corrected chi connectivity index (χ2v) is 5.04. The van der Waals surface area contributed by atoms with Gasteiger partial charge in [-0.25, -0.2) is 10.8 Å². The smallest absolute Gasteiger partial charge is 0.272 e. The van der Waals surface area contributed by atoms with E-state index in [9.17, 15) is 4.79 Å². The van der Waals surface area contributed by atoms with Crippen LogP contribution in [0.15, 0.2) is 18.2 Å². The summed E-state index contributed by atoms with van der Waals surface area (Å²) in [6.07, 6.45) is 1.05. The Morgan fingerprint density at radius 1 is 1.41 bits per heavy atom. The molecule has 1 amide bonds. The standard InChI is InChI=1S/C11H16N4OS/c12-14-10-4-1-3-9(13-10)11(16)15-5-2-7-17-8-6-15/h1,3-4H,2,5-8,12H2,(H,13,14). The van der Waals surface area contributed by atoms with E-state index in [1.165, 1.54) is 0 Å². The Hall–Kier alpha value is -1.27. The number of carbonyl (C=O) groups is 1. The van der Waals surface area contributed by atoms with Gasteiger partial charge in [-0.3, -0.25) is 4.79 Å². The van der Waals surface area contributed by atoms with Crippen molar-refractivity contribution in [1.82, 2.24) is 9.88 Å². The molecule has 5 nitrogen and oxygen atoms in total. The van der Waals surface area contributed by atoms with E-state index < -0.39 is 0 Å². The first-order valence-electron chi connectivity index (χ1n) is 5.62. The van der Waals surface area contributed by atoms with E-state index in [-0.39, 0.29) is 5.91 Å². The Morgan fingerprint density at radius 2 is 2.29 bits per heavy atom. The molecule has 1 fully saturated rings. The maximum atomic E-state index is 12.2. The third-order valence-electron chi connectivity index (χ3n) is 2.63. The third kappa shape index (κ3) is 3.10. The molecule has 1 aromatic heterocycles. The fourth-order valence-electron chi connectivity index (χ4n) is 1.75. The predicted molar refractivity (Wildman–Crippen MR) is 69.9 cm³/mol. The zero-order chi connectivity index (χ0) is 12.1. The molecule has 1 saturated heterocycles. The van der Waals surface area contributed by atoms with Gasteiger partial charge in [0, 0.05) is 18.8 Å². The average molecular weight is 252 g/mol.